The van der Waals surface area contributed by atoms with Crippen LogP contribution < -0.4 is 5.32 Å². The molecular formula is C14H19N3OS. The average molecular weight is 277 g/mol. The molecule has 1 amide bonds. The standard InChI is InChI=1S/C14H19N3OS/c1-10(2)11(3)16-13(18)9-17-7-6-15-14(17)12-5-4-8-19-12/h4-8,10-11H,9H2,1-3H3,(H,16,18). The molecule has 2 heterocycles. The molecule has 2 rings (SSSR count). The Hall–Kier alpha value is -1.62. The number of nitrogens with zero attached hydrogens (tertiary/aromatic N) is 2. The van der Waals surface area contributed by atoms with Crippen LogP contribution in [0.4, 0.5) is 0 Å². The Morgan fingerprint density at radius 3 is 2.89 bits per heavy atom. The highest BCUT2D eigenvalue weighted by Crippen LogP contribution is 2.22. The topological polar surface area (TPSA) is 46.9 Å². The second-order valence-electron chi connectivity index (χ2n) is 4.96. The lowest BCUT2D eigenvalue weighted by molar-refractivity contribution is -0.122. The van der Waals surface area contributed by atoms with Crippen molar-refractivity contribution in [2.75, 3.05) is 0 Å². The number of rotatable bonds is 5. The maximum Gasteiger partial charge on any atom is 0.240 e. The maximum absolute atomic E-state index is 12.0. The molecule has 19 heavy (non-hydrogen) atoms. The first-order chi connectivity index (χ1) is 9.08. The van der Waals surface area contributed by atoms with Crippen molar-refractivity contribution in [3.8, 4) is 10.7 Å². The zero-order chi connectivity index (χ0) is 13.8. The Labute approximate surface area is 117 Å². The van der Waals surface area contributed by atoms with Crippen molar-refractivity contribution in [1.29, 1.82) is 0 Å². The SMILES string of the molecule is CC(C)C(C)NC(=O)Cn1ccnc1-c1cccs1. The number of nitrogens with one attached hydrogen (secondary N) is 1. The normalized spacial score (nSPS) is 12.6. The molecule has 0 fully saturated rings. The summed E-state index contributed by atoms with van der Waals surface area (Å²) in [5.74, 6) is 1.31. The number of hydrogen-bond donors (Lipinski definition) is 1. The summed E-state index contributed by atoms with van der Waals surface area (Å²) >= 11 is 1.63. The van der Waals surface area contributed by atoms with E-state index in [0.717, 1.165) is 10.7 Å². The molecule has 4 nitrogen and oxygen atoms in total. The van der Waals surface area contributed by atoms with Gasteiger partial charge in [0.1, 0.15) is 12.4 Å². The van der Waals surface area contributed by atoms with E-state index < -0.39 is 0 Å². The lowest BCUT2D eigenvalue weighted by Gasteiger charge is -2.17. The van der Waals surface area contributed by atoms with Crippen molar-refractivity contribution in [1.82, 2.24) is 14.9 Å². The smallest absolute Gasteiger partial charge is 0.240 e. The minimum atomic E-state index is 0.0250. The first-order valence-corrected chi connectivity index (χ1v) is 7.30. The summed E-state index contributed by atoms with van der Waals surface area (Å²) < 4.78 is 1.88. The van der Waals surface area contributed by atoms with Crippen molar-refractivity contribution in [3.63, 3.8) is 0 Å². The van der Waals surface area contributed by atoms with Gasteiger partial charge in [-0.15, -0.1) is 11.3 Å². The summed E-state index contributed by atoms with van der Waals surface area (Å²) in [6, 6.07) is 4.18. The first-order valence-electron chi connectivity index (χ1n) is 6.42. The number of amides is 1. The predicted molar refractivity (Wildman–Crippen MR) is 78.0 cm³/mol. The molecule has 0 saturated carbocycles. The van der Waals surface area contributed by atoms with E-state index in [0.29, 0.717) is 12.5 Å². The third-order valence-electron chi connectivity index (χ3n) is 3.16. The molecule has 1 atom stereocenters. The van der Waals surface area contributed by atoms with Gasteiger partial charge in [-0.1, -0.05) is 19.9 Å². The highest BCUT2D eigenvalue weighted by atomic mass is 32.1. The molecule has 2 aromatic heterocycles. The number of thiophene rings is 1. The summed E-state index contributed by atoms with van der Waals surface area (Å²) in [5.41, 5.74) is 0. The van der Waals surface area contributed by atoms with Gasteiger partial charge in [-0.3, -0.25) is 4.79 Å². The van der Waals surface area contributed by atoms with Gasteiger partial charge in [-0.05, 0) is 24.3 Å². The lowest BCUT2D eigenvalue weighted by Crippen LogP contribution is -2.38. The molecule has 2 aromatic rings. The molecule has 0 aliphatic carbocycles. The lowest BCUT2D eigenvalue weighted by atomic mass is 10.1. The molecular weight excluding hydrogens is 258 g/mol. The Morgan fingerprint density at radius 2 is 2.26 bits per heavy atom. The summed E-state index contributed by atoms with van der Waals surface area (Å²) in [6.07, 6.45) is 3.57. The Morgan fingerprint density at radius 1 is 1.47 bits per heavy atom. The molecule has 0 spiro atoms. The van der Waals surface area contributed by atoms with Gasteiger partial charge in [0.15, 0.2) is 0 Å². The Bertz CT molecular complexity index is 531. The van der Waals surface area contributed by atoms with Crippen LogP contribution in [0.1, 0.15) is 20.8 Å². The number of aromatic nitrogens is 2. The van der Waals surface area contributed by atoms with Crippen molar-refractivity contribution >= 4 is 17.2 Å². The van der Waals surface area contributed by atoms with Crippen molar-refractivity contribution in [2.24, 2.45) is 5.92 Å². The number of carbonyl (C=O) groups excluding carboxylic acids is 1. The van der Waals surface area contributed by atoms with E-state index in [-0.39, 0.29) is 11.9 Å². The third-order valence-corrected chi connectivity index (χ3v) is 4.03. The maximum atomic E-state index is 12.0. The second-order valence-corrected chi connectivity index (χ2v) is 5.90. The Balaban J connectivity index is 2.04. The summed E-state index contributed by atoms with van der Waals surface area (Å²) in [4.78, 5) is 17.4. The van der Waals surface area contributed by atoms with Crippen molar-refractivity contribution in [3.05, 3.63) is 29.9 Å². The van der Waals surface area contributed by atoms with Crippen LogP contribution in [-0.4, -0.2) is 21.5 Å². The Kier molecular flexibility index (Phi) is 4.37. The highest BCUT2D eigenvalue weighted by Gasteiger charge is 2.13. The molecule has 0 radical (unpaired) electrons. The minimum absolute atomic E-state index is 0.0250. The zero-order valence-electron chi connectivity index (χ0n) is 11.5. The van der Waals surface area contributed by atoms with Crippen LogP contribution in [0, 0.1) is 5.92 Å². The van der Waals surface area contributed by atoms with Crippen molar-refractivity contribution in [2.45, 2.75) is 33.4 Å². The number of hydrogen-bond acceptors (Lipinski definition) is 3. The van der Waals surface area contributed by atoms with Gasteiger partial charge in [-0.25, -0.2) is 4.98 Å². The summed E-state index contributed by atoms with van der Waals surface area (Å²) in [5, 5.41) is 5.02. The van der Waals surface area contributed by atoms with Gasteiger partial charge in [0.05, 0.1) is 4.88 Å². The quantitative estimate of drug-likeness (QED) is 0.913. The van der Waals surface area contributed by atoms with E-state index in [1.165, 1.54) is 0 Å². The van der Waals surface area contributed by atoms with Crippen LogP contribution in [-0.2, 0) is 11.3 Å². The first kappa shape index (κ1) is 13.8. The fourth-order valence-corrected chi connectivity index (χ4v) is 2.42. The second kappa shape index (κ2) is 6.02. The molecule has 1 unspecified atom stereocenters. The van der Waals surface area contributed by atoms with E-state index in [1.807, 2.05) is 35.2 Å². The number of carbonyl (C=O) groups is 1. The van der Waals surface area contributed by atoms with Crippen LogP contribution >= 0.6 is 11.3 Å². The van der Waals surface area contributed by atoms with Crippen LogP contribution in [0.15, 0.2) is 29.9 Å². The molecule has 0 bridgehead atoms. The van der Waals surface area contributed by atoms with Crippen LogP contribution in [0.25, 0.3) is 10.7 Å². The summed E-state index contributed by atoms with van der Waals surface area (Å²) in [6.45, 7) is 6.53. The van der Waals surface area contributed by atoms with Crippen LogP contribution in [0.5, 0.6) is 0 Å². The predicted octanol–water partition coefficient (Wildman–Crippen LogP) is 2.77. The third kappa shape index (κ3) is 3.44. The number of imidazole rings is 1. The summed E-state index contributed by atoms with van der Waals surface area (Å²) in [7, 11) is 0. The van der Waals surface area contributed by atoms with Gasteiger partial charge in [0.25, 0.3) is 0 Å². The molecule has 1 N–H and O–H groups in total. The fourth-order valence-electron chi connectivity index (χ4n) is 1.69. The highest BCUT2D eigenvalue weighted by molar-refractivity contribution is 7.13. The molecule has 5 heteroatoms. The molecule has 0 aromatic carbocycles. The molecule has 0 aliphatic heterocycles. The monoisotopic (exact) mass is 277 g/mol. The van der Waals surface area contributed by atoms with Crippen LogP contribution in [0.2, 0.25) is 0 Å². The van der Waals surface area contributed by atoms with Gasteiger partial charge >= 0.3 is 0 Å². The van der Waals surface area contributed by atoms with E-state index >= 15 is 0 Å². The van der Waals surface area contributed by atoms with Gasteiger partial charge in [0, 0.05) is 18.4 Å². The average Bonchev–Trinajstić information content (AvgIpc) is 2.97. The van der Waals surface area contributed by atoms with E-state index in [1.54, 1.807) is 17.5 Å². The van der Waals surface area contributed by atoms with E-state index in [9.17, 15) is 4.79 Å². The van der Waals surface area contributed by atoms with Gasteiger partial charge < -0.3 is 9.88 Å². The van der Waals surface area contributed by atoms with Gasteiger partial charge in [0.2, 0.25) is 5.91 Å². The molecule has 102 valence electrons. The molecule has 0 saturated heterocycles. The fraction of sp³-hybridized carbons (Fsp3) is 0.429. The zero-order valence-corrected chi connectivity index (χ0v) is 12.3. The van der Waals surface area contributed by atoms with E-state index in [4.69, 9.17) is 0 Å². The van der Waals surface area contributed by atoms with Crippen molar-refractivity contribution < 1.29 is 4.79 Å². The van der Waals surface area contributed by atoms with Crippen LogP contribution in [0.3, 0.4) is 0 Å². The largest absolute Gasteiger partial charge is 0.352 e. The van der Waals surface area contributed by atoms with E-state index in [2.05, 4.69) is 24.1 Å². The molecule has 0 aliphatic rings. The minimum Gasteiger partial charge on any atom is -0.352 e. The van der Waals surface area contributed by atoms with Gasteiger partial charge in [-0.2, -0.15) is 0 Å².